The molecule has 1 aromatic carbocycles. The molecule has 0 spiro atoms. The monoisotopic (exact) mass is 338 g/mol. The van der Waals surface area contributed by atoms with Crippen molar-refractivity contribution < 1.29 is 9.53 Å². The molecule has 0 aromatic heterocycles. The molecule has 0 atom stereocenters. The van der Waals surface area contributed by atoms with Crippen LogP contribution in [0.2, 0.25) is 0 Å². The first-order valence-corrected chi connectivity index (χ1v) is 8.43. The molecule has 2 aliphatic heterocycles. The number of hydrogen-bond acceptors (Lipinski definition) is 3. The van der Waals surface area contributed by atoms with Crippen LogP contribution >= 0.6 is 12.4 Å². The Labute approximate surface area is 145 Å². The number of benzene rings is 1. The Morgan fingerprint density at radius 3 is 2.87 bits per heavy atom. The third kappa shape index (κ3) is 4.61. The van der Waals surface area contributed by atoms with Crippen molar-refractivity contribution in [2.24, 2.45) is 5.92 Å². The second kappa shape index (κ2) is 8.55. The van der Waals surface area contributed by atoms with E-state index in [1.807, 2.05) is 24.1 Å². The van der Waals surface area contributed by atoms with Crippen LogP contribution in [0.4, 0.5) is 0 Å². The molecule has 2 heterocycles. The van der Waals surface area contributed by atoms with Gasteiger partial charge in [-0.25, -0.2) is 0 Å². The Kier molecular flexibility index (Phi) is 6.72. The molecule has 128 valence electrons. The maximum Gasteiger partial charge on any atom is 0.226 e. The molecule has 0 radical (unpaired) electrons. The first kappa shape index (κ1) is 18.1. The van der Waals surface area contributed by atoms with Crippen molar-refractivity contribution in [1.82, 2.24) is 10.2 Å². The van der Waals surface area contributed by atoms with E-state index < -0.39 is 0 Å². The summed E-state index contributed by atoms with van der Waals surface area (Å²) in [4.78, 5) is 14.5. The Balaban J connectivity index is 0.00000192. The number of piperidine rings is 1. The number of halogens is 1. The van der Waals surface area contributed by atoms with Gasteiger partial charge in [-0.1, -0.05) is 12.1 Å². The zero-order valence-electron chi connectivity index (χ0n) is 13.8. The normalized spacial score (nSPS) is 17.3. The fourth-order valence-corrected chi connectivity index (χ4v) is 3.46. The summed E-state index contributed by atoms with van der Waals surface area (Å²) in [6, 6.07) is 6.18. The van der Waals surface area contributed by atoms with Gasteiger partial charge in [-0.05, 0) is 56.0 Å². The van der Waals surface area contributed by atoms with Crippen molar-refractivity contribution in [3.8, 4) is 5.75 Å². The lowest BCUT2D eigenvalue weighted by molar-refractivity contribution is -0.131. The van der Waals surface area contributed by atoms with Gasteiger partial charge in [0.1, 0.15) is 5.75 Å². The standard InChI is InChI=1S/C18H26N2O2.ClH/c1-19-8-4-14-5-9-20(10-6-14)18(21)13-15-2-3-17-16(12-15)7-11-22-17;/h2-3,12,14,19H,4-11,13H2,1H3;1H. The Bertz CT molecular complexity index is 528. The summed E-state index contributed by atoms with van der Waals surface area (Å²) in [7, 11) is 2.00. The number of carbonyl (C=O) groups is 1. The van der Waals surface area contributed by atoms with Gasteiger partial charge in [0.2, 0.25) is 5.91 Å². The van der Waals surface area contributed by atoms with E-state index >= 15 is 0 Å². The second-order valence-corrected chi connectivity index (χ2v) is 6.43. The molecule has 4 nitrogen and oxygen atoms in total. The minimum absolute atomic E-state index is 0. The topological polar surface area (TPSA) is 41.6 Å². The first-order valence-electron chi connectivity index (χ1n) is 8.43. The summed E-state index contributed by atoms with van der Waals surface area (Å²) in [6.45, 7) is 3.69. The van der Waals surface area contributed by atoms with Crippen molar-refractivity contribution in [1.29, 1.82) is 0 Å². The van der Waals surface area contributed by atoms with Crippen LogP contribution in [0.1, 0.15) is 30.4 Å². The third-order valence-corrected chi connectivity index (χ3v) is 4.88. The maximum atomic E-state index is 12.5. The van der Waals surface area contributed by atoms with Gasteiger partial charge < -0.3 is 15.0 Å². The highest BCUT2D eigenvalue weighted by molar-refractivity contribution is 5.85. The van der Waals surface area contributed by atoms with Gasteiger partial charge in [0, 0.05) is 19.5 Å². The minimum atomic E-state index is 0. The fourth-order valence-electron chi connectivity index (χ4n) is 3.46. The van der Waals surface area contributed by atoms with Crippen LogP contribution in [0.25, 0.3) is 0 Å². The minimum Gasteiger partial charge on any atom is -0.493 e. The number of carbonyl (C=O) groups excluding carboxylic acids is 1. The highest BCUT2D eigenvalue weighted by Crippen LogP contribution is 2.26. The van der Waals surface area contributed by atoms with E-state index in [4.69, 9.17) is 4.74 Å². The smallest absolute Gasteiger partial charge is 0.226 e. The molecule has 1 N–H and O–H groups in total. The summed E-state index contributed by atoms with van der Waals surface area (Å²) >= 11 is 0. The SMILES string of the molecule is CNCCC1CCN(C(=O)Cc2ccc3c(c2)CCO3)CC1.Cl. The van der Waals surface area contributed by atoms with Crippen LogP contribution in [0.3, 0.4) is 0 Å². The number of hydrogen-bond donors (Lipinski definition) is 1. The molecule has 1 fully saturated rings. The molecule has 1 saturated heterocycles. The van der Waals surface area contributed by atoms with Crippen LogP contribution in [0, 0.1) is 5.92 Å². The van der Waals surface area contributed by atoms with E-state index in [1.165, 1.54) is 12.0 Å². The average molecular weight is 339 g/mol. The Morgan fingerprint density at radius 2 is 2.13 bits per heavy atom. The number of nitrogens with one attached hydrogen (secondary N) is 1. The summed E-state index contributed by atoms with van der Waals surface area (Å²) in [5.41, 5.74) is 2.36. The third-order valence-electron chi connectivity index (χ3n) is 4.88. The van der Waals surface area contributed by atoms with Gasteiger partial charge in [0.25, 0.3) is 0 Å². The van der Waals surface area contributed by atoms with Crippen LogP contribution in [-0.4, -0.2) is 44.1 Å². The Hall–Kier alpha value is -1.26. The average Bonchev–Trinajstić information content (AvgIpc) is 3.01. The van der Waals surface area contributed by atoms with Crippen LogP contribution in [-0.2, 0) is 17.6 Å². The molecule has 0 bridgehead atoms. The lowest BCUT2D eigenvalue weighted by atomic mass is 9.93. The summed E-state index contributed by atoms with van der Waals surface area (Å²) in [6.07, 6.45) is 5.00. The predicted molar refractivity (Wildman–Crippen MR) is 94.4 cm³/mol. The van der Waals surface area contributed by atoms with Gasteiger partial charge in [0.05, 0.1) is 13.0 Å². The van der Waals surface area contributed by atoms with Gasteiger partial charge in [-0.3, -0.25) is 4.79 Å². The van der Waals surface area contributed by atoms with E-state index in [1.54, 1.807) is 0 Å². The molecule has 0 aliphatic carbocycles. The van der Waals surface area contributed by atoms with Crippen molar-refractivity contribution >= 4 is 18.3 Å². The highest BCUT2D eigenvalue weighted by atomic mass is 35.5. The van der Waals surface area contributed by atoms with Crippen LogP contribution in [0.15, 0.2) is 18.2 Å². The van der Waals surface area contributed by atoms with Crippen molar-refractivity contribution in [3.05, 3.63) is 29.3 Å². The van der Waals surface area contributed by atoms with Crippen molar-refractivity contribution in [2.75, 3.05) is 33.3 Å². The van der Waals surface area contributed by atoms with Crippen molar-refractivity contribution in [2.45, 2.75) is 32.1 Å². The van der Waals surface area contributed by atoms with Crippen LogP contribution < -0.4 is 10.1 Å². The summed E-state index contributed by atoms with van der Waals surface area (Å²) < 4.78 is 5.52. The summed E-state index contributed by atoms with van der Waals surface area (Å²) in [5.74, 6) is 2.03. The van der Waals surface area contributed by atoms with Gasteiger partial charge in [-0.2, -0.15) is 0 Å². The number of rotatable bonds is 5. The largest absolute Gasteiger partial charge is 0.493 e. The predicted octanol–water partition coefficient (Wildman–Crippen LogP) is 2.43. The van der Waals surface area contributed by atoms with E-state index in [9.17, 15) is 4.79 Å². The lowest BCUT2D eigenvalue weighted by Gasteiger charge is -2.32. The Morgan fingerprint density at radius 1 is 1.35 bits per heavy atom. The highest BCUT2D eigenvalue weighted by Gasteiger charge is 2.23. The number of likely N-dealkylation sites (tertiary alicyclic amines) is 1. The molecular formula is C18H27ClN2O2. The molecule has 5 heteroatoms. The molecule has 0 unspecified atom stereocenters. The zero-order chi connectivity index (χ0) is 15.4. The fraction of sp³-hybridized carbons (Fsp3) is 0.611. The number of amides is 1. The van der Waals surface area contributed by atoms with E-state index in [-0.39, 0.29) is 18.3 Å². The molecule has 23 heavy (non-hydrogen) atoms. The lowest BCUT2D eigenvalue weighted by Crippen LogP contribution is -2.39. The molecule has 3 rings (SSSR count). The van der Waals surface area contributed by atoms with Crippen molar-refractivity contribution in [3.63, 3.8) is 0 Å². The van der Waals surface area contributed by atoms with E-state index in [2.05, 4.69) is 11.4 Å². The van der Waals surface area contributed by atoms with Gasteiger partial charge in [-0.15, -0.1) is 12.4 Å². The maximum absolute atomic E-state index is 12.5. The van der Waals surface area contributed by atoms with Gasteiger partial charge >= 0.3 is 0 Å². The molecule has 1 aromatic rings. The molecule has 1 amide bonds. The molecule has 2 aliphatic rings. The molecule has 0 saturated carbocycles. The van der Waals surface area contributed by atoms with E-state index in [0.717, 1.165) is 62.7 Å². The van der Waals surface area contributed by atoms with Crippen LogP contribution in [0.5, 0.6) is 5.75 Å². The molecular weight excluding hydrogens is 312 g/mol. The summed E-state index contributed by atoms with van der Waals surface area (Å²) in [5, 5.41) is 3.21. The first-order chi connectivity index (χ1) is 10.8. The van der Waals surface area contributed by atoms with E-state index in [0.29, 0.717) is 6.42 Å². The number of ether oxygens (including phenoxy) is 1. The number of fused-ring (bicyclic) bond motifs is 1. The number of nitrogens with zero attached hydrogens (tertiary/aromatic N) is 1. The second-order valence-electron chi connectivity index (χ2n) is 6.43. The zero-order valence-corrected chi connectivity index (χ0v) is 14.7. The quantitative estimate of drug-likeness (QED) is 0.896. The van der Waals surface area contributed by atoms with Gasteiger partial charge in [0.15, 0.2) is 0 Å².